The summed E-state index contributed by atoms with van der Waals surface area (Å²) in [6.45, 7) is 0.344. The van der Waals surface area contributed by atoms with Crippen LogP contribution in [0.5, 0.6) is 0 Å². The Bertz CT molecular complexity index is 621. The van der Waals surface area contributed by atoms with Gasteiger partial charge in [-0.05, 0) is 6.08 Å². The molecule has 0 fully saturated rings. The Kier molecular flexibility index (Phi) is 4.30. The Morgan fingerprint density at radius 1 is 1.50 bits per heavy atom. The zero-order valence-electron chi connectivity index (χ0n) is 11.2. The fourth-order valence-electron chi connectivity index (χ4n) is 2.03. The Balaban J connectivity index is 2.33. The molecule has 1 aromatic heterocycles. The topological polar surface area (TPSA) is 81.3 Å². The number of nitrogens with zero attached hydrogens (tertiary/aromatic N) is 1. The number of hydrogen-bond acceptors (Lipinski definition) is 5. The number of H-pyrrole nitrogens is 1. The lowest BCUT2D eigenvalue weighted by atomic mass is 9.87. The fraction of sp³-hybridized carbons (Fsp3) is 0.286. The lowest BCUT2D eigenvalue weighted by Crippen LogP contribution is -2.15. The number of allylic oxidation sites excluding steroid dienone is 3. The summed E-state index contributed by atoms with van der Waals surface area (Å²) in [5.74, 6) is 1.52. The molecule has 0 radical (unpaired) electrons. The van der Waals surface area contributed by atoms with Crippen LogP contribution < -0.4 is 0 Å². The molecule has 1 heterocycles. The van der Waals surface area contributed by atoms with Crippen molar-refractivity contribution < 1.29 is 19.1 Å². The van der Waals surface area contributed by atoms with Gasteiger partial charge in [0.05, 0.1) is 24.2 Å². The van der Waals surface area contributed by atoms with E-state index in [9.17, 15) is 9.59 Å². The van der Waals surface area contributed by atoms with Crippen LogP contribution in [0.1, 0.15) is 17.4 Å². The van der Waals surface area contributed by atoms with E-state index < -0.39 is 11.9 Å². The quantitative estimate of drug-likeness (QED) is 0.656. The Morgan fingerprint density at radius 2 is 2.30 bits per heavy atom. The van der Waals surface area contributed by atoms with Gasteiger partial charge in [-0.25, -0.2) is 14.6 Å². The maximum atomic E-state index is 11.7. The molecule has 6 nitrogen and oxygen atoms in total. The van der Waals surface area contributed by atoms with Gasteiger partial charge in [0.2, 0.25) is 0 Å². The minimum absolute atomic E-state index is 0.206. The monoisotopic (exact) mass is 274 g/mol. The van der Waals surface area contributed by atoms with Crippen LogP contribution in [0.3, 0.4) is 0 Å². The number of nitrogens with one attached hydrogen (secondary N) is 1. The molecule has 20 heavy (non-hydrogen) atoms. The van der Waals surface area contributed by atoms with Crippen molar-refractivity contribution in [1.29, 1.82) is 0 Å². The predicted octanol–water partition coefficient (Wildman–Crippen LogP) is 1.07. The van der Waals surface area contributed by atoms with Crippen LogP contribution in [-0.2, 0) is 25.7 Å². The molecule has 1 unspecified atom stereocenters. The third-order valence-corrected chi connectivity index (χ3v) is 2.95. The molecule has 1 N–H and O–H groups in total. The first-order chi connectivity index (χ1) is 9.71. The van der Waals surface area contributed by atoms with E-state index in [1.165, 1.54) is 13.2 Å². The SMILES string of the molecule is COCc1ncc(C2C=CC=C(C(=O)OC)C2=C=O)[nH]1. The van der Waals surface area contributed by atoms with Crippen LogP contribution in [0.25, 0.3) is 0 Å². The van der Waals surface area contributed by atoms with Crippen molar-refractivity contribution in [2.75, 3.05) is 14.2 Å². The second kappa shape index (κ2) is 6.14. The summed E-state index contributed by atoms with van der Waals surface area (Å²) in [4.78, 5) is 30.1. The van der Waals surface area contributed by atoms with Crippen molar-refractivity contribution in [3.8, 4) is 0 Å². The normalized spacial score (nSPS) is 17.6. The molecular formula is C14H14N2O4. The molecule has 6 heteroatoms. The molecule has 0 bridgehead atoms. The van der Waals surface area contributed by atoms with Gasteiger partial charge in [-0.15, -0.1) is 0 Å². The van der Waals surface area contributed by atoms with E-state index in [1.807, 2.05) is 5.94 Å². The highest BCUT2D eigenvalue weighted by atomic mass is 16.5. The summed E-state index contributed by atoms with van der Waals surface area (Å²) in [5, 5.41) is 0. The Hall–Kier alpha value is -2.43. The number of imidazole rings is 1. The third-order valence-electron chi connectivity index (χ3n) is 2.95. The molecule has 1 aliphatic carbocycles. The number of methoxy groups -OCH3 is 2. The summed E-state index contributed by atoms with van der Waals surface area (Å²) >= 11 is 0. The molecular weight excluding hydrogens is 260 g/mol. The second-order valence-corrected chi connectivity index (χ2v) is 4.17. The average Bonchev–Trinajstić information content (AvgIpc) is 2.94. The number of hydrogen-bond donors (Lipinski definition) is 1. The molecule has 0 amide bonds. The van der Waals surface area contributed by atoms with Crippen LogP contribution in [0.4, 0.5) is 0 Å². The molecule has 1 atom stereocenters. The maximum Gasteiger partial charge on any atom is 0.338 e. The van der Waals surface area contributed by atoms with E-state index >= 15 is 0 Å². The van der Waals surface area contributed by atoms with Gasteiger partial charge in [-0.3, -0.25) is 0 Å². The van der Waals surface area contributed by atoms with Gasteiger partial charge >= 0.3 is 5.97 Å². The minimum atomic E-state index is -0.561. The van der Waals surface area contributed by atoms with E-state index in [0.717, 1.165) is 0 Å². The molecule has 2 rings (SSSR count). The van der Waals surface area contributed by atoms with Gasteiger partial charge in [-0.2, -0.15) is 0 Å². The van der Waals surface area contributed by atoms with Crippen LogP contribution >= 0.6 is 0 Å². The molecule has 104 valence electrons. The van der Waals surface area contributed by atoms with Crippen molar-refractivity contribution in [1.82, 2.24) is 9.97 Å². The molecule has 1 aromatic rings. The number of carbonyl (C=O) groups excluding carboxylic acids is 2. The molecule has 0 saturated carbocycles. The number of aromatic amines is 1. The van der Waals surface area contributed by atoms with Gasteiger partial charge in [0.1, 0.15) is 18.4 Å². The summed E-state index contributed by atoms with van der Waals surface area (Å²) < 4.78 is 9.64. The van der Waals surface area contributed by atoms with Crippen LogP contribution in [0, 0.1) is 0 Å². The molecule has 0 aromatic carbocycles. The Morgan fingerprint density at radius 3 is 2.95 bits per heavy atom. The number of rotatable bonds is 4. The summed E-state index contributed by atoms with van der Waals surface area (Å²) in [7, 11) is 2.84. The average molecular weight is 274 g/mol. The molecule has 1 aliphatic rings. The highest BCUT2D eigenvalue weighted by molar-refractivity contribution is 5.98. The Labute approximate surface area is 115 Å². The van der Waals surface area contributed by atoms with Crippen molar-refractivity contribution in [3.05, 3.63) is 47.1 Å². The van der Waals surface area contributed by atoms with Gasteiger partial charge in [0.15, 0.2) is 0 Å². The lowest BCUT2D eigenvalue weighted by Gasteiger charge is -2.17. The minimum Gasteiger partial charge on any atom is -0.465 e. The number of ether oxygens (including phenoxy) is 2. The number of aromatic nitrogens is 2. The van der Waals surface area contributed by atoms with Gasteiger partial charge in [-0.1, -0.05) is 12.2 Å². The number of carbonyl (C=O) groups is 1. The zero-order chi connectivity index (χ0) is 14.5. The molecule has 0 spiro atoms. The first kappa shape index (κ1) is 14.0. The van der Waals surface area contributed by atoms with Crippen LogP contribution in [0.2, 0.25) is 0 Å². The van der Waals surface area contributed by atoms with E-state index in [0.29, 0.717) is 18.1 Å². The van der Waals surface area contributed by atoms with E-state index in [2.05, 4.69) is 14.7 Å². The van der Waals surface area contributed by atoms with E-state index in [-0.39, 0.29) is 11.1 Å². The molecule has 0 saturated heterocycles. The molecule has 0 aliphatic heterocycles. The summed E-state index contributed by atoms with van der Waals surface area (Å²) in [5.41, 5.74) is 1.13. The zero-order valence-corrected chi connectivity index (χ0v) is 11.2. The second-order valence-electron chi connectivity index (χ2n) is 4.17. The summed E-state index contributed by atoms with van der Waals surface area (Å²) in [6, 6.07) is 0. The van der Waals surface area contributed by atoms with Crippen LogP contribution in [-0.4, -0.2) is 36.1 Å². The van der Waals surface area contributed by atoms with Crippen molar-refractivity contribution in [2.45, 2.75) is 12.5 Å². The standard InChI is InChI=1S/C14H14N2O4/c1-19-8-13-15-6-12(16-13)9-4-3-5-10(11(9)7-17)14(18)20-2/h3-6,9H,8H2,1-2H3,(H,15,16). The largest absolute Gasteiger partial charge is 0.465 e. The smallest absolute Gasteiger partial charge is 0.338 e. The number of esters is 1. The first-order valence-corrected chi connectivity index (χ1v) is 5.96. The highest BCUT2D eigenvalue weighted by Gasteiger charge is 2.27. The van der Waals surface area contributed by atoms with Gasteiger partial charge < -0.3 is 14.5 Å². The predicted molar refractivity (Wildman–Crippen MR) is 70.5 cm³/mol. The maximum absolute atomic E-state index is 11.7. The van der Waals surface area contributed by atoms with Gasteiger partial charge in [0.25, 0.3) is 0 Å². The first-order valence-electron chi connectivity index (χ1n) is 5.96. The van der Waals surface area contributed by atoms with E-state index in [4.69, 9.17) is 4.74 Å². The van der Waals surface area contributed by atoms with Crippen LogP contribution in [0.15, 0.2) is 35.6 Å². The summed E-state index contributed by atoms with van der Waals surface area (Å²) in [6.07, 6.45) is 6.64. The third kappa shape index (κ3) is 2.61. The lowest BCUT2D eigenvalue weighted by molar-refractivity contribution is -0.135. The van der Waals surface area contributed by atoms with E-state index in [1.54, 1.807) is 25.5 Å². The van der Waals surface area contributed by atoms with Crippen molar-refractivity contribution in [3.63, 3.8) is 0 Å². The fourth-order valence-corrected chi connectivity index (χ4v) is 2.03. The highest BCUT2D eigenvalue weighted by Crippen LogP contribution is 2.31. The van der Waals surface area contributed by atoms with Crippen molar-refractivity contribution in [2.24, 2.45) is 0 Å². The van der Waals surface area contributed by atoms with Gasteiger partial charge in [0, 0.05) is 19.0 Å². The van der Waals surface area contributed by atoms with Crippen molar-refractivity contribution >= 4 is 11.9 Å².